The third kappa shape index (κ3) is 2.59. The molecule has 0 atom stereocenters. The molecule has 24 heavy (non-hydrogen) atoms. The summed E-state index contributed by atoms with van der Waals surface area (Å²) in [6.07, 6.45) is 5.96. The third-order valence-electron chi connectivity index (χ3n) is 4.89. The van der Waals surface area contributed by atoms with E-state index in [9.17, 15) is 9.59 Å². The third-order valence-corrected chi connectivity index (χ3v) is 4.89. The minimum atomic E-state index is -0.420. The monoisotopic (exact) mass is 324 g/mol. The van der Waals surface area contributed by atoms with Gasteiger partial charge in [0.25, 0.3) is 5.56 Å². The Morgan fingerprint density at radius 1 is 1.04 bits per heavy atom. The van der Waals surface area contributed by atoms with E-state index >= 15 is 0 Å². The number of rotatable bonds is 2. The van der Waals surface area contributed by atoms with Crippen molar-refractivity contribution in [3.05, 3.63) is 63.6 Å². The molecule has 0 radical (unpaired) electrons. The molecule has 0 saturated carbocycles. The second kappa shape index (κ2) is 5.79. The van der Waals surface area contributed by atoms with E-state index < -0.39 is 5.69 Å². The molecule has 0 spiro atoms. The minimum Gasteiger partial charge on any atom is -0.344 e. The minimum absolute atomic E-state index is 0.384. The van der Waals surface area contributed by atoms with E-state index in [1.54, 1.807) is 0 Å². The lowest BCUT2D eigenvalue weighted by molar-refractivity contribution is 0.224. The van der Waals surface area contributed by atoms with Gasteiger partial charge in [0.05, 0.1) is 5.69 Å². The number of benzene rings is 1. The quantitative estimate of drug-likeness (QED) is 0.781. The highest BCUT2D eigenvalue weighted by atomic mass is 16.2. The second-order valence-electron chi connectivity index (χ2n) is 6.48. The predicted molar refractivity (Wildman–Crippen MR) is 93.9 cm³/mol. The standard InChI is InChI=1S/C18H20N4O2/c1-20-8-5-14(6-9-20)21-10-4-13-12-15(2-3-16(13)21)22-11-7-17(23)19-18(22)24/h2-4,7,10-12,14H,5-6,8-9H2,1H3,(H,19,23,24). The van der Waals surface area contributed by atoms with Gasteiger partial charge in [0, 0.05) is 35.4 Å². The SMILES string of the molecule is CN1CCC(n2ccc3cc(-n4ccc(=O)[nH]c4=O)ccc32)CC1. The zero-order valence-corrected chi connectivity index (χ0v) is 13.6. The van der Waals surface area contributed by atoms with Crippen LogP contribution in [0.15, 0.2) is 52.3 Å². The number of nitrogens with one attached hydrogen (secondary N) is 1. The summed E-state index contributed by atoms with van der Waals surface area (Å²) in [5.74, 6) is 0. The molecule has 0 aliphatic carbocycles. The molecule has 1 aromatic carbocycles. The molecule has 1 aliphatic rings. The average Bonchev–Trinajstić information content (AvgIpc) is 2.99. The van der Waals surface area contributed by atoms with Crippen LogP contribution in [0.3, 0.4) is 0 Å². The van der Waals surface area contributed by atoms with Crippen LogP contribution in [0.4, 0.5) is 0 Å². The van der Waals surface area contributed by atoms with Crippen LogP contribution in [0.2, 0.25) is 0 Å². The molecule has 124 valence electrons. The average molecular weight is 324 g/mol. The van der Waals surface area contributed by atoms with Crippen molar-refractivity contribution in [2.75, 3.05) is 20.1 Å². The van der Waals surface area contributed by atoms with Crippen LogP contribution >= 0.6 is 0 Å². The topological polar surface area (TPSA) is 63.0 Å². The highest BCUT2D eigenvalue weighted by Gasteiger charge is 2.19. The van der Waals surface area contributed by atoms with Crippen LogP contribution in [0.5, 0.6) is 0 Å². The lowest BCUT2D eigenvalue weighted by Crippen LogP contribution is -2.31. The molecule has 6 heteroatoms. The Hall–Kier alpha value is -2.60. The van der Waals surface area contributed by atoms with Crippen LogP contribution in [0.25, 0.3) is 16.6 Å². The van der Waals surface area contributed by atoms with E-state index in [0.29, 0.717) is 6.04 Å². The lowest BCUT2D eigenvalue weighted by atomic mass is 10.1. The molecule has 1 N–H and O–H groups in total. The molecule has 0 bridgehead atoms. The number of aromatic nitrogens is 3. The van der Waals surface area contributed by atoms with Crippen LogP contribution < -0.4 is 11.2 Å². The number of nitrogens with zero attached hydrogens (tertiary/aromatic N) is 3. The molecule has 4 rings (SSSR count). The Balaban J connectivity index is 1.73. The smallest absolute Gasteiger partial charge is 0.332 e. The van der Waals surface area contributed by atoms with E-state index in [4.69, 9.17) is 0 Å². The molecule has 1 saturated heterocycles. The van der Waals surface area contributed by atoms with Crippen molar-refractivity contribution in [1.82, 2.24) is 19.0 Å². The second-order valence-corrected chi connectivity index (χ2v) is 6.48. The van der Waals surface area contributed by atoms with E-state index in [0.717, 1.165) is 37.0 Å². The van der Waals surface area contributed by atoms with Crippen molar-refractivity contribution in [2.24, 2.45) is 0 Å². The number of likely N-dealkylation sites (tertiary alicyclic amines) is 1. The van der Waals surface area contributed by atoms with Gasteiger partial charge in [-0.3, -0.25) is 14.3 Å². The zero-order chi connectivity index (χ0) is 16.7. The summed E-state index contributed by atoms with van der Waals surface area (Å²) in [6, 6.07) is 9.94. The number of H-pyrrole nitrogens is 1. The van der Waals surface area contributed by atoms with Crippen molar-refractivity contribution in [3.63, 3.8) is 0 Å². The first-order chi connectivity index (χ1) is 11.6. The fourth-order valence-electron chi connectivity index (χ4n) is 3.51. The highest BCUT2D eigenvalue weighted by Crippen LogP contribution is 2.28. The van der Waals surface area contributed by atoms with Crippen LogP contribution in [-0.2, 0) is 0 Å². The van der Waals surface area contributed by atoms with Crippen LogP contribution in [-0.4, -0.2) is 39.2 Å². The van der Waals surface area contributed by atoms with E-state index in [1.807, 2.05) is 12.1 Å². The van der Waals surface area contributed by atoms with Crippen LogP contribution in [0, 0.1) is 0 Å². The maximum Gasteiger partial charge on any atom is 0.332 e. The Kier molecular flexibility index (Phi) is 3.61. The Labute approximate surface area is 139 Å². The Morgan fingerprint density at radius 3 is 2.58 bits per heavy atom. The van der Waals surface area contributed by atoms with Crippen molar-refractivity contribution < 1.29 is 0 Å². The maximum atomic E-state index is 12.0. The van der Waals surface area contributed by atoms with Crippen molar-refractivity contribution in [2.45, 2.75) is 18.9 Å². The number of aromatic amines is 1. The normalized spacial score (nSPS) is 16.7. The van der Waals surface area contributed by atoms with Gasteiger partial charge in [-0.1, -0.05) is 0 Å². The first-order valence-corrected chi connectivity index (χ1v) is 8.23. The highest BCUT2D eigenvalue weighted by molar-refractivity contribution is 5.82. The molecule has 0 unspecified atom stereocenters. The summed E-state index contributed by atoms with van der Waals surface area (Å²) in [4.78, 5) is 27.8. The van der Waals surface area contributed by atoms with E-state index in [2.05, 4.69) is 39.8 Å². The van der Waals surface area contributed by atoms with Crippen LogP contribution in [0.1, 0.15) is 18.9 Å². The lowest BCUT2D eigenvalue weighted by Gasteiger charge is -2.30. The van der Waals surface area contributed by atoms with E-state index in [1.165, 1.54) is 22.3 Å². The summed E-state index contributed by atoms with van der Waals surface area (Å²) in [6.45, 7) is 2.24. The van der Waals surface area contributed by atoms with Crippen molar-refractivity contribution >= 4 is 10.9 Å². The molecule has 3 heterocycles. The molecule has 1 fully saturated rings. The molecule has 0 amide bonds. The Bertz CT molecular complexity index is 990. The first-order valence-electron chi connectivity index (χ1n) is 8.23. The number of hydrogen-bond donors (Lipinski definition) is 1. The molecular weight excluding hydrogens is 304 g/mol. The van der Waals surface area contributed by atoms with Gasteiger partial charge in [0.2, 0.25) is 0 Å². The van der Waals surface area contributed by atoms with Crippen molar-refractivity contribution in [1.29, 1.82) is 0 Å². The van der Waals surface area contributed by atoms with Gasteiger partial charge in [-0.15, -0.1) is 0 Å². The van der Waals surface area contributed by atoms with Gasteiger partial charge in [-0.2, -0.15) is 0 Å². The van der Waals surface area contributed by atoms with Gasteiger partial charge in [0.15, 0.2) is 0 Å². The number of hydrogen-bond acceptors (Lipinski definition) is 3. The summed E-state index contributed by atoms with van der Waals surface area (Å²) < 4.78 is 3.80. The summed E-state index contributed by atoms with van der Waals surface area (Å²) in [7, 11) is 2.16. The Morgan fingerprint density at radius 2 is 1.83 bits per heavy atom. The molecule has 2 aromatic heterocycles. The summed E-state index contributed by atoms with van der Waals surface area (Å²) in [5.41, 5.74) is 1.14. The van der Waals surface area contributed by atoms with Gasteiger partial charge >= 0.3 is 5.69 Å². The fourth-order valence-corrected chi connectivity index (χ4v) is 3.51. The van der Waals surface area contributed by atoms with Gasteiger partial charge in [-0.05, 0) is 57.2 Å². The van der Waals surface area contributed by atoms with Crippen molar-refractivity contribution in [3.8, 4) is 5.69 Å². The molecule has 3 aromatic rings. The first kappa shape index (κ1) is 15.0. The fraction of sp³-hybridized carbons (Fsp3) is 0.333. The number of fused-ring (bicyclic) bond motifs is 1. The molecule has 1 aliphatic heterocycles. The zero-order valence-electron chi connectivity index (χ0n) is 13.6. The van der Waals surface area contributed by atoms with E-state index in [-0.39, 0.29) is 5.56 Å². The van der Waals surface area contributed by atoms with Gasteiger partial charge < -0.3 is 9.47 Å². The molecule has 6 nitrogen and oxygen atoms in total. The number of piperidine rings is 1. The van der Waals surface area contributed by atoms with Gasteiger partial charge in [0.1, 0.15) is 0 Å². The van der Waals surface area contributed by atoms with Gasteiger partial charge in [-0.25, -0.2) is 4.79 Å². The maximum absolute atomic E-state index is 12.0. The summed E-state index contributed by atoms with van der Waals surface area (Å²) >= 11 is 0. The largest absolute Gasteiger partial charge is 0.344 e. The molecular formula is C18H20N4O2. The summed E-state index contributed by atoms with van der Waals surface area (Å²) in [5, 5.41) is 1.10. The predicted octanol–water partition coefficient (Wildman–Crippen LogP) is 1.75.